The number of nitrogens with two attached hydrogens (primary N) is 1. The molecule has 0 bridgehead atoms. The van der Waals surface area contributed by atoms with Gasteiger partial charge in [0.05, 0.1) is 19.5 Å². The summed E-state index contributed by atoms with van der Waals surface area (Å²) in [5, 5.41) is 0. The maximum atomic E-state index is 5.42. The number of hydrogen-bond donors (Lipinski definition) is 1. The molecule has 0 aromatic carbocycles. The van der Waals surface area contributed by atoms with Gasteiger partial charge in [0.1, 0.15) is 12.4 Å². The first-order valence-corrected chi connectivity index (χ1v) is 4.20. The lowest BCUT2D eigenvalue weighted by molar-refractivity contribution is 0.0538. The molecule has 1 heterocycles. The van der Waals surface area contributed by atoms with Gasteiger partial charge in [0, 0.05) is 19.2 Å². The molecule has 2 N–H and O–H groups in total. The molecule has 13 heavy (non-hydrogen) atoms. The minimum Gasteiger partial charge on any atom is -0.467 e. The third kappa shape index (κ3) is 3.59. The highest BCUT2D eigenvalue weighted by atomic mass is 16.5. The van der Waals surface area contributed by atoms with Gasteiger partial charge in [-0.2, -0.15) is 0 Å². The van der Waals surface area contributed by atoms with Crippen LogP contribution in [0.1, 0.15) is 11.3 Å². The molecular weight excluding hydrogens is 170 g/mol. The highest BCUT2D eigenvalue weighted by Crippen LogP contribution is 2.07. The number of furan rings is 1. The number of hydrogen-bond acceptors (Lipinski definition) is 4. The summed E-state index contributed by atoms with van der Waals surface area (Å²) in [5.41, 5.74) is 6.41. The molecule has 0 saturated heterocycles. The van der Waals surface area contributed by atoms with Crippen molar-refractivity contribution in [1.82, 2.24) is 0 Å². The van der Waals surface area contributed by atoms with Gasteiger partial charge >= 0.3 is 0 Å². The fraction of sp³-hybridized carbons (Fsp3) is 0.556. The second-order valence-electron chi connectivity index (χ2n) is 2.67. The summed E-state index contributed by atoms with van der Waals surface area (Å²) in [6.07, 6.45) is 1.65. The van der Waals surface area contributed by atoms with Crippen LogP contribution in [0.5, 0.6) is 0 Å². The molecule has 0 radical (unpaired) electrons. The molecule has 0 unspecified atom stereocenters. The van der Waals surface area contributed by atoms with Gasteiger partial charge in [-0.3, -0.25) is 0 Å². The Hall–Kier alpha value is -0.840. The SMILES string of the molecule is COCCOCc1cc(CN)co1. The summed E-state index contributed by atoms with van der Waals surface area (Å²) in [5.74, 6) is 0.802. The molecule has 0 atom stereocenters. The van der Waals surface area contributed by atoms with Gasteiger partial charge in [-0.15, -0.1) is 0 Å². The molecule has 0 spiro atoms. The van der Waals surface area contributed by atoms with Gasteiger partial charge in [0.15, 0.2) is 0 Å². The summed E-state index contributed by atoms with van der Waals surface area (Å²) in [6, 6.07) is 1.90. The van der Waals surface area contributed by atoms with Gasteiger partial charge in [-0.1, -0.05) is 0 Å². The molecule has 1 rings (SSSR count). The molecule has 1 aromatic rings. The standard InChI is InChI=1S/C9H15NO3/c1-11-2-3-12-7-9-4-8(5-10)6-13-9/h4,6H,2-3,5,7,10H2,1H3. The van der Waals surface area contributed by atoms with Crippen LogP contribution < -0.4 is 5.73 Å². The topological polar surface area (TPSA) is 57.6 Å². The predicted molar refractivity (Wildman–Crippen MR) is 48.1 cm³/mol. The summed E-state index contributed by atoms with van der Waals surface area (Å²) in [7, 11) is 1.64. The zero-order valence-electron chi connectivity index (χ0n) is 7.79. The fourth-order valence-corrected chi connectivity index (χ4v) is 0.924. The van der Waals surface area contributed by atoms with Crippen molar-refractivity contribution in [2.24, 2.45) is 5.73 Å². The first-order valence-electron chi connectivity index (χ1n) is 4.20. The number of ether oxygens (including phenoxy) is 2. The van der Waals surface area contributed by atoms with E-state index in [0.717, 1.165) is 11.3 Å². The molecule has 0 amide bonds. The maximum Gasteiger partial charge on any atom is 0.129 e. The monoisotopic (exact) mass is 185 g/mol. The third-order valence-corrected chi connectivity index (χ3v) is 1.62. The molecule has 1 aromatic heterocycles. The summed E-state index contributed by atoms with van der Waals surface area (Å²) >= 11 is 0. The summed E-state index contributed by atoms with van der Waals surface area (Å²) < 4.78 is 15.3. The Morgan fingerprint density at radius 2 is 2.31 bits per heavy atom. The Balaban J connectivity index is 2.20. The van der Waals surface area contributed by atoms with Crippen LogP contribution in [-0.4, -0.2) is 20.3 Å². The van der Waals surface area contributed by atoms with Crippen molar-refractivity contribution < 1.29 is 13.9 Å². The molecule has 0 aliphatic heterocycles. The number of rotatable bonds is 6. The minimum atomic E-state index is 0.476. The van der Waals surface area contributed by atoms with E-state index in [2.05, 4.69) is 0 Å². The Morgan fingerprint density at radius 3 is 2.92 bits per heavy atom. The maximum absolute atomic E-state index is 5.42. The first-order chi connectivity index (χ1) is 6.36. The zero-order valence-corrected chi connectivity index (χ0v) is 7.79. The smallest absolute Gasteiger partial charge is 0.129 e. The molecule has 0 aliphatic rings. The van der Waals surface area contributed by atoms with Gasteiger partial charge in [-0.25, -0.2) is 0 Å². The highest BCUT2D eigenvalue weighted by molar-refractivity contribution is 5.11. The summed E-state index contributed by atoms with van der Waals surface area (Å²) in [4.78, 5) is 0. The van der Waals surface area contributed by atoms with Gasteiger partial charge in [0.2, 0.25) is 0 Å². The van der Waals surface area contributed by atoms with E-state index in [-0.39, 0.29) is 0 Å². The number of methoxy groups -OCH3 is 1. The largest absolute Gasteiger partial charge is 0.467 e. The first kappa shape index (κ1) is 10.2. The van der Waals surface area contributed by atoms with E-state index in [4.69, 9.17) is 19.6 Å². The van der Waals surface area contributed by atoms with Crippen molar-refractivity contribution in [3.63, 3.8) is 0 Å². The van der Waals surface area contributed by atoms with Crippen LogP contribution in [0.15, 0.2) is 16.7 Å². The average Bonchev–Trinajstić information content (AvgIpc) is 2.60. The quantitative estimate of drug-likeness (QED) is 0.669. The molecule has 0 aliphatic carbocycles. The van der Waals surface area contributed by atoms with Crippen LogP contribution in [0.3, 0.4) is 0 Å². The lowest BCUT2D eigenvalue weighted by Crippen LogP contribution is -2.01. The van der Waals surface area contributed by atoms with Crippen molar-refractivity contribution in [3.8, 4) is 0 Å². The molecule has 4 heteroatoms. The van der Waals surface area contributed by atoms with Gasteiger partial charge in [-0.05, 0) is 6.07 Å². The third-order valence-electron chi connectivity index (χ3n) is 1.62. The van der Waals surface area contributed by atoms with E-state index in [1.807, 2.05) is 6.07 Å². The highest BCUT2D eigenvalue weighted by Gasteiger charge is 1.99. The molecule has 74 valence electrons. The average molecular weight is 185 g/mol. The normalized spacial score (nSPS) is 10.6. The lowest BCUT2D eigenvalue weighted by Gasteiger charge is -1.99. The van der Waals surface area contributed by atoms with Crippen LogP contribution in [0.25, 0.3) is 0 Å². The van der Waals surface area contributed by atoms with Crippen molar-refractivity contribution in [3.05, 3.63) is 23.7 Å². The second kappa shape index (κ2) is 5.75. The van der Waals surface area contributed by atoms with E-state index in [1.54, 1.807) is 13.4 Å². The van der Waals surface area contributed by atoms with E-state index >= 15 is 0 Å². The lowest BCUT2D eigenvalue weighted by atomic mass is 10.3. The summed E-state index contributed by atoms with van der Waals surface area (Å²) in [6.45, 7) is 2.16. The van der Waals surface area contributed by atoms with E-state index < -0.39 is 0 Å². The molecular formula is C9H15NO3. The zero-order chi connectivity index (χ0) is 9.52. The van der Waals surface area contributed by atoms with Crippen LogP contribution in [0.2, 0.25) is 0 Å². The van der Waals surface area contributed by atoms with Crippen molar-refractivity contribution in [1.29, 1.82) is 0 Å². The van der Waals surface area contributed by atoms with Crippen LogP contribution in [-0.2, 0) is 22.6 Å². The predicted octanol–water partition coefficient (Wildman–Crippen LogP) is 0.901. The Morgan fingerprint density at radius 1 is 1.46 bits per heavy atom. The van der Waals surface area contributed by atoms with E-state index in [9.17, 15) is 0 Å². The van der Waals surface area contributed by atoms with Crippen LogP contribution in [0.4, 0.5) is 0 Å². The van der Waals surface area contributed by atoms with Crippen LogP contribution >= 0.6 is 0 Å². The molecule has 4 nitrogen and oxygen atoms in total. The fourth-order valence-electron chi connectivity index (χ4n) is 0.924. The van der Waals surface area contributed by atoms with E-state index in [1.165, 1.54) is 0 Å². The Bertz CT molecular complexity index is 235. The van der Waals surface area contributed by atoms with E-state index in [0.29, 0.717) is 26.4 Å². The van der Waals surface area contributed by atoms with Gasteiger partial charge < -0.3 is 19.6 Å². The van der Waals surface area contributed by atoms with Crippen molar-refractivity contribution >= 4 is 0 Å². The van der Waals surface area contributed by atoms with Gasteiger partial charge in [0.25, 0.3) is 0 Å². The second-order valence-corrected chi connectivity index (χ2v) is 2.67. The molecule has 0 fully saturated rings. The minimum absolute atomic E-state index is 0.476. The van der Waals surface area contributed by atoms with Crippen molar-refractivity contribution in [2.45, 2.75) is 13.2 Å². The van der Waals surface area contributed by atoms with Crippen molar-refractivity contribution in [2.75, 3.05) is 20.3 Å². The molecule has 0 saturated carbocycles. The Kier molecular flexibility index (Phi) is 4.53. The van der Waals surface area contributed by atoms with Crippen LogP contribution in [0, 0.1) is 0 Å². The Labute approximate surface area is 77.6 Å².